The van der Waals surface area contributed by atoms with Gasteiger partial charge in [-0.05, 0) is 63.0 Å². The van der Waals surface area contributed by atoms with Crippen LogP contribution < -0.4 is 5.32 Å². The Labute approximate surface area is 162 Å². The highest BCUT2D eigenvalue weighted by atomic mass is 35.5. The van der Waals surface area contributed by atoms with Gasteiger partial charge >= 0.3 is 0 Å². The van der Waals surface area contributed by atoms with E-state index in [1.54, 1.807) is 16.4 Å². The minimum Gasteiger partial charge on any atom is -0.315 e. The lowest BCUT2D eigenvalue weighted by Gasteiger charge is -2.34. The van der Waals surface area contributed by atoms with Crippen LogP contribution in [0.4, 0.5) is 4.39 Å². The smallest absolute Gasteiger partial charge is 0.218 e. The largest absolute Gasteiger partial charge is 0.315 e. The number of likely N-dealkylation sites (tertiary alicyclic amines) is 1. The second kappa shape index (κ2) is 9.99. The van der Waals surface area contributed by atoms with Crippen molar-refractivity contribution < 1.29 is 12.8 Å². The molecule has 148 valence electrons. The summed E-state index contributed by atoms with van der Waals surface area (Å²) in [5.74, 6) is -0.531. The van der Waals surface area contributed by atoms with Gasteiger partial charge in [0.05, 0.1) is 5.75 Å². The molecule has 2 aliphatic heterocycles. The molecule has 0 saturated carbocycles. The molecule has 26 heavy (non-hydrogen) atoms. The van der Waals surface area contributed by atoms with E-state index < -0.39 is 15.8 Å². The van der Waals surface area contributed by atoms with Crippen molar-refractivity contribution in [2.75, 3.05) is 39.3 Å². The van der Waals surface area contributed by atoms with E-state index in [-0.39, 0.29) is 24.2 Å². The average Bonchev–Trinajstić information content (AvgIpc) is 3.09. The van der Waals surface area contributed by atoms with Crippen molar-refractivity contribution in [3.8, 4) is 0 Å². The fourth-order valence-corrected chi connectivity index (χ4v) is 5.56. The normalized spacial score (nSPS) is 21.7. The maximum Gasteiger partial charge on any atom is 0.218 e. The highest BCUT2D eigenvalue weighted by Gasteiger charge is 2.31. The first kappa shape index (κ1) is 21.6. The van der Waals surface area contributed by atoms with Crippen molar-refractivity contribution in [1.29, 1.82) is 0 Å². The summed E-state index contributed by atoms with van der Waals surface area (Å²) in [5.41, 5.74) is 0.509. The molecule has 1 aromatic rings. The predicted octanol–water partition coefficient (Wildman–Crippen LogP) is 2.23. The van der Waals surface area contributed by atoms with Crippen LogP contribution in [-0.4, -0.2) is 62.9 Å². The predicted molar refractivity (Wildman–Crippen MR) is 105 cm³/mol. The van der Waals surface area contributed by atoms with E-state index in [4.69, 9.17) is 0 Å². The van der Waals surface area contributed by atoms with E-state index in [1.165, 1.54) is 25.0 Å². The summed E-state index contributed by atoms with van der Waals surface area (Å²) >= 11 is 0. The topological polar surface area (TPSA) is 52.7 Å². The highest BCUT2D eigenvalue weighted by Crippen LogP contribution is 2.20. The molecule has 0 aliphatic carbocycles. The Hall–Kier alpha value is -0.730. The molecule has 0 aromatic heterocycles. The summed E-state index contributed by atoms with van der Waals surface area (Å²) < 4.78 is 41.2. The van der Waals surface area contributed by atoms with Gasteiger partial charge in [0.25, 0.3) is 0 Å². The van der Waals surface area contributed by atoms with Gasteiger partial charge in [-0.3, -0.25) is 0 Å². The molecule has 1 aromatic carbocycles. The fraction of sp³-hybridized carbons (Fsp3) is 0.667. The monoisotopic (exact) mass is 405 g/mol. The van der Waals surface area contributed by atoms with Crippen LogP contribution in [-0.2, 0) is 15.8 Å². The van der Waals surface area contributed by atoms with E-state index in [0.717, 1.165) is 39.0 Å². The van der Waals surface area contributed by atoms with E-state index in [1.807, 2.05) is 0 Å². The average molecular weight is 406 g/mol. The molecule has 0 amide bonds. The molecule has 0 spiro atoms. The summed E-state index contributed by atoms with van der Waals surface area (Å²) in [4.78, 5) is 2.33. The van der Waals surface area contributed by atoms with Crippen LogP contribution >= 0.6 is 12.4 Å². The standard InChI is InChI=1S/C18H28FN3O2S.ClH/c19-17-6-3-5-16(13-17)15-25(23,24)22(18-7-4-8-20-14-18)12-11-21-9-1-2-10-21;/h3,5-6,13,18,20H,1-2,4,7-12,14-15H2;1H. The number of hydrogen-bond acceptors (Lipinski definition) is 4. The second-order valence-corrected chi connectivity index (χ2v) is 8.97. The minimum absolute atomic E-state index is 0. The second-order valence-electron chi connectivity index (χ2n) is 7.05. The number of nitrogens with zero attached hydrogens (tertiary/aromatic N) is 2. The summed E-state index contributed by atoms with van der Waals surface area (Å²) in [5, 5.41) is 3.31. The van der Waals surface area contributed by atoms with Gasteiger partial charge < -0.3 is 10.2 Å². The Bertz CT molecular complexity index is 662. The SMILES string of the molecule is Cl.O=S(=O)(Cc1cccc(F)c1)N(CCN1CCCC1)C1CCCNC1. The zero-order chi connectivity index (χ0) is 17.7. The third kappa shape index (κ3) is 5.89. The van der Waals surface area contributed by atoms with Crippen molar-refractivity contribution in [2.45, 2.75) is 37.5 Å². The molecular weight excluding hydrogens is 377 g/mol. The molecule has 1 atom stereocenters. The maximum atomic E-state index is 13.4. The zero-order valence-electron chi connectivity index (χ0n) is 15.1. The Balaban J connectivity index is 0.00000243. The number of sulfonamides is 1. The first-order valence-electron chi connectivity index (χ1n) is 9.22. The lowest BCUT2D eigenvalue weighted by atomic mass is 10.1. The maximum absolute atomic E-state index is 13.4. The van der Waals surface area contributed by atoms with Gasteiger partial charge in [0.1, 0.15) is 5.82 Å². The number of nitrogens with one attached hydrogen (secondary N) is 1. The number of benzene rings is 1. The molecule has 1 unspecified atom stereocenters. The molecule has 3 rings (SSSR count). The van der Waals surface area contributed by atoms with Gasteiger partial charge in [0.15, 0.2) is 0 Å². The highest BCUT2D eigenvalue weighted by molar-refractivity contribution is 7.88. The third-order valence-electron chi connectivity index (χ3n) is 5.11. The Morgan fingerprint density at radius 3 is 2.65 bits per heavy atom. The number of halogens is 2. The molecule has 2 saturated heterocycles. The summed E-state index contributed by atoms with van der Waals surface area (Å²) in [6.45, 7) is 5.05. The van der Waals surface area contributed by atoms with Gasteiger partial charge in [-0.25, -0.2) is 12.8 Å². The zero-order valence-corrected chi connectivity index (χ0v) is 16.7. The first-order chi connectivity index (χ1) is 12.0. The van der Waals surface area contributed by atoms with Gasteiger partial charge in [0.2, 0.25) is 10.0 Å². The lowest BCUT2D eigenvalue weighted by molar-refractivity contribution is 0.231. The summed E-state index contributed by atoms with van der Waals surface area (Å²) in [6, 6.07) is 5.90. The summed E-state index contributed by atoms with van der Waals surface area (Å²) in [7, 11) is -3.48. The van der Waals surface area contributed by atoms with Crippen molar-refractivity contribution in [3.05, 3.63) is 35.6 Å². The van der Waals surface area contributed by atoms with Gasteiger partial charge in [-0.2, -0.15) is 4.31 Å². The number of piperidine rings is 1. The van der Waals surface area contributed by atoms with Crippen LogP contribution in [0.3, 0.4) is 0 Å². The van der Waals surface area contributed by atoms with E-state index >= 15 is 0 Å². The van der Waals surface area contributed by atoms with Crippen LogP contribution in [0.1, 0.15) is 31.2 Å². The molecular formula is C18H29ClFN3O2S. The van der Waals surface area contributed by atoms with E-state index in [2.05, 4.69) is 10.2 Å². The Morgan fingerprint density at radius 1 is 1.23 bits per heavy atom. The van der Waals surface area contributed by atoms with Crippen LogP contribution in [0.5, 0.6) is 0 Å². The molecule has 8 heteroatoms. The molecule has 0 bridgehead atoms. The number of hydrogen-bond donors (Lipinski definition) is 1. The fourth-order valence-electron chi connectivity index (χ4n) is 3.79. The van der Waals surface area contributed by atoms with Crippen molar-refractivity contribution in [3.63, 3.8) is 0 Å². The van der Waals surface area contributed by atoms with Gasteiger partial charge in [-0.15, -0.1) is 12.4 Å². The Morgan fingerprint density at radius 2 is 2.00 bits per heavy atom. The van der Waals surface area contributed by atoms with Crippen LogP contribution in [0, 0.1) is 5.82 Å². The molecule has 2 aliphatic rings. The quantitative estimate of drug-likeness (QED) is 0.755. The minimum atomic E-state index is -3.48. The molecule has 1 N–H and O–H groups in total. The number of rotatable bonds is 7. The van der Waals surface area contributed by atoms with Crippen LogP contribution in [0.25, 0.3) is 0 Å². The van der Waals surface area contributed by atoms with Crippen molar-refractivity contribution >= 4 is 22.4 Å². The molecule has 0 radical (unpaired) electrons. The van der Waals surface area contributed by atoms with Crippen LogP contribution in [0.2, 0.25) is 0 Å². The molecule has 5 nitrogen and oxygen atoms in total. The Kier molecular flexibility index (Phi) is 8.29. The van der Waals surface area contributed by atoms with E-state index in [9.17, 15) is 12.8 Å². The molecule has 2 fully saturated rings. The van der Waals surface area contributed by atoms with Crippen molar-refractivity contribution in [1.82, 2.24) is 14.5 Å². The van der Waals surface area contributed by atoms with Gasteiger partial charge in [0, 0.05) is 25.7 Å². The summed E-state index contributed by atoms with van der Waals surface area (Å²) in [6.07, 6.45) is 4.26. The van der Waals surface area contributed by atoms with Crippen molar-refractivity contribution in [2.24, 2.45) is 0 Å². The first-order valence-corrected chi connectivity index (χ1v) is 10.8. The van der Waals surface area contributed by atoms with E-state index in [0.29, 0.717) is 18.7 Å². The molecule has 2 heterocycles. The van der Waals surface area contributed by atoms with Gasteiger partial charge in [-0.1, -0.05) is 12.1 Å². The lowest BCUT2D eigenvalue weighted by Crippen LogP contribution is -2.51. The third-order valence-corrected chi connectivity index (χ3v) is 7.00. The van der Waals surface area contributed by atoms with Crippen LogP contribution in [0.15, 0.2) is 24.3 Å².